The van der Waals surface area contributed by atoms with Crippen LogP contribution in [0.1, 0.15) is 63.8 Å². The van der Waals surface area contributed by atoms with Crippen molar-refractivity contribution in [3.63, 3.8) is 0 Å². The third kappa shape index (κ3) is 5.92. The molecule has 2 heterocycles. The fourth-order valence-electron chi connectivity index (χ4n) is 9.80. The Morgan fingerprint density at radius 2 is 0.683 bits per heavy atom. The summed E-state index contributed by atoms with van der Waals surface area (Å²) in [6, 6.07) is 64.2. The summed E-state index contributed by atoms with van der Waals surface area (Å²) in [5, 5.41) is 5.21. The van der Waals surface area contributed by atoms with Crippen molar-refractivity contribution in [2.24, 2.45) is 0 Å². The number of aryl methyl sites for hydroxylation is 2. The standard InChI is InChI=1S/C58H50N2/c1-57(2,3)43-25-19-37(20-26-43)39-23-29-53-49(31-39)51-33-41-17-18-42-34-52-50-32-40(38-21-27-44(28-22-38)58(4,5)6)24-30-54(50)60(46-15-11-8-12-16-46)56(52)36-48(42)47(41)35-55(51)59(53)45-13-9-7-10-14-45/h7-16,19-36H,17-18H2,1-6H3. The predicted octanol–water partition coefficient (Wildman–Crippen LogP) is 15.6. The second kappa shape index (κ2) is 13.4. The molecule has 8 aromatic carbocycles. The molecule has 2 aromatic heterocycles. The molecular weight excluding hydrogens is 725 g/mol. The molecule has 292 valence electrons. The number of fused-ring (bicyclic) bond motifs is 9. The van der Waals surface area contributed by atoms with Gasteiger partial charge >= 0.3 is 0 Å². The fraction of sp³-hybridized carbons (Fsp3) is 0.172. The summed E-state index contributed by atoms with van der Waals surface area (Å²) in [6.45, 7) is 13.7. The molecule has 0 spiro atoms. The number of hydrogen-bond donors (Lipinski definition) is 0. The number of rotatable bonds is 4. The van der Waals surface area contributed by atoms with Gasteiger partial charge in [-0.2, -0.15) is 0 Å². The van der Waals surface area contributed by atoms with Gasteiger partial charge in [0, 0.05) is 32.9 Å². The van der Waals surface area contributed by atoms with Crippen molar-refractivity contribution < 1.29 is 0 Å². The van der Waals surface area contributed by atoms with Gasteiger partial charge in [0.25, 0.3) is 0 Å². The Kier molecular flexibility index (Phi) is 8.16. The van der Waals surface area contributed by atoms with Gasteiger partial charge in [-0.05, 0) is 152 Å². The van der Waals surface area contributed by atoms with E-state index in [9.17, 15) is 0 Å². The van der Waals surface area contributed by atoms with Gasteiger partial charge < -0.3 is 9.13 Å². The van der Waals surface area contributed by atoms with Gasteiger partial charge in [-0.25, -0.2) is 0 Å². The van der Waals surface area contributed by atoms with Gasteiger partial charge in [0.2, 0.25) is 0 Å². The lowest BCUT2D eigenvalue weighted by Crippen LogP contribution is -2.10. The molecule has 0 unspecified atom stereocenters. The lowest BCUT2D eigenvalue weighted by molar-refractivity contribution is 0.590. The summed E-state index contributed by atoms with van der Waals surface area (Å²) >= 11 is 0. The van der Waals surface area contributed by atoms with Crippen LogP contribution in [0.15, 0.2) is 170 Å². The van der Waals surface area contributed by atoms with Crippen LogP contribution in [0.25, 0.3) is 88.4 Å². The van der Waals surface area contributed by atoms with E-state index in [1.54, 1.807) is 0 Å². The first-order chi connectivity index (χ1) is 29.0. The highest BCUT2D eigenvalue weighted by Crippen LogP contribution is 2.45. The first-order valence-electron chi connectivity index (χ1n) is 21.5. The van der Waals surface area contributed by atoms with Crippen LogP contribution in [0.3, 0.4) is 0 Å². The highest BCUT2D eigenvalue weighted by atomic mass is 15.0. The second-order valence-electron chi connectivity index (χ2n) is 19.0. The molecule has 10 aromatic rings. The quantitative estimate of drug-likeness (QED) is 0.169. The van der Waals surface area contributed by atoms with E-state index in [2.05, 4.69) is 221 Å². The van der Waals surface area contributed by atoms with Gasteiger partial charge in [0.1, 0.15) is 0 Å². The molecule has 2 heteroatoms. The Balaban J connectivity index is 1.11. The van der Waals surface area contributed by atoms with E-state index in [4.69, 9.17) is 0 Å². The molecule has 2 nitrogen and oxygen atoms in total. The Morgan fingerprint density at radius 3 is 1.05 bits per heavy atom. The van der Waals surface area contributed by atoms with Crippen LogP contribution in [0, 0.1) is 0 Å². The van der Waals surface area contributed by atoms with E-state index in [1.165, 1.54) is 111 Å². The van der Waals surface area contributed by atoms with Crippen LogP contribution in [0.5, 0.6) is 0 Å². The van der Waals surface area contributed by atoms with E-state index < -0.39 is 0 Å². The number of para-hydroxylation sites is 2. The van der Waals surface area contributed by atoms with E-state index in [1.807, 2.05) is 0 Å². The molecule has 1 aliphatic rings. The topological polar surface area (TPSA) is 9.86 Å². The first kappa shape index (κ1) is 36.4. The van der Waals surface area contributed by atoms with Gasteiger partial charge in [0.15, 0.2) is 0 Å². The predicted molar refractivity (Wildman–Crippen MR) is 256 cm³/mol. The normalized spacial score (nSPS) is 13.0. The Hall–Kier alpha value is -6.64. The largest absolute Gasteiger partial charge is 0.309 e. The summed E-state index contributed by atoms with van der Waals surface area (Å²) < 4.78 is 4.95. The van der Waals surface area contributed by atoms with Crippen molar-refractivity contribution in [2.45, 2.75) is 65.2 Å². The molecule has 60 heavy (non-hydrogen) atoms. The molecule has 11 rings (SSSR count). The minimum atomic E-state index is 0.121. The third-order valence-corrected chi connectivity index (χ3v) is 13.1. The van der Waals surface area contributed by atoms with Crippen LogP contribution in [-0.2, 0) is 23.7 Å². The fourth-order valence-corrected chi connectivity index (χ4v) is 9.80. The Labute approximate surface area is 353 Å². The van der Waals surface area contributed by atoms with Crippen molar-refractivity contribution in [2.75, 3.05) is 0 Å². The highest BCUT2D eigenvalue weighted by molar-refractivity contribution is 6.14. The van der Waals surface area contributed by atoms with Gasteiger partial charge in [-0.15, -0.1) is 0 Å². The summed E-state index contributed by atoms with van der Waals surface area (Å²) in [6.07, 6.45) is 2.02. The van der Waals surface area contributed by atoms with E-state index >= 15 is 0 Å². The maximum absolute atomic E-state index is 2.51. The van der Waals surface area contributed by atoms with E-state index in [0.717, 1.165) is 12.8 Å². The molecule has 0 radical (unpaired) electrons. The Bertz CT molecular complexity index is 3050. The van der Waals surface area contributed by atoms with Crippen molar-refractivity contribution in [3.05, 3.63) is 192 Å². The number of aromatic nitrogens is 2. The molecule has 0 saturated heterocycles. The average Bonchev–Trinajstić information content (AvgIpc) is 3.75. The van der Waals surface area contributed by atoms with Crippen LogP contribution >= 0.6 is 0 Å². The maximum atomic E-state index is 2.51. The number of benzene rings is 8. The molecule has 0 saturated carbocycles. The SMILES string of the molecule is CC(C)(C)c1ccc(-c2ccc3c(c2)c2cc4c(cc2n3-c2ccccc2)-c2cc3c(cc2CC4)c2cc(-c4ccc(C(C)(C)C)cc4)ccc2n3-c2ccccc2)cc1. The molecular formula is C58H50N2. The van der Waals surface area contributed by atoms with Gasteiger partial charge in [0.05, 0.1) is 22.1 Å². The summed E-state index contributed by atoms with van der Waals surface area (Å²) in [7, 11) is 0. The van der Waals surface area contributed by atoms with E-state index in [0.29, 0.717) is 0 Å². The van der Waals surface area contributed by atoms with Crippen LogP contribution in [0.2, 0.25) is 0 Å². The highest BCUT2D eigenvalue weighted by Gasteiger charge is 2.24. The maximum Gasteiger partial charge on any atom is 0.0547 e. The summed E-state index contributed by atoms with van der Waals surface area (Å²) in [5.41, 5.74) is 20.8. The van der Waals surface area contributed by atoms with Crippen LogP contribution in [0.4, 0.5) is 0 Å². The Morgan fingerprint density at radius 1 is 0.333 bits per heavy atom. The smallest absolute Gasteiger partial charge is 0.0547 e. The molecule has 0 N–H and O–H groups in total. The summed E-state index contributed by atoms with van der Waals surface area (Å²) in [5.74, 6) is 0. The van der Waals surface area contributed by atoms with Crippen molar-refractivity contribution in [1.29, 1.82) is 0 Å². The molecule has 0 bridgehead atoms. The number of hydrogen-bond acceptors (Lipinski definition) is 0. The van der Waals surface area contributed by atoms with Crippen molar-refractivity contribution in [1.82, 2.24) is 9.13 Å². The molecule has 1 aliphatic carbocycles. The first-order valence-corrected chi connectivity index (χ1v) is 21.5. The molecule has 0 amide bonds. The molecule has 0 aliphatic heterocycles. The number of nitrogens with zero attached hydrogens (tertiary/aromatic N) is 2. The monoisotopic (exact) mass is 774 g/mol. The molecule has 0 atom stereocenters. The zero-order valence-electron chi connectivity index (χ0n) is 35.5. The average molecular weight is 775 g/mol. The molecule has 0 fully saturated rings. The lowest BCUT2D eigenvalue weighted by Gasteiger charge is -2.21. The van der Waals surface area contributed by atoms with E-state index in [-0.39, 0.29) is 10.8 Å². The minimum Gasteiger partial charge on any atom is -0.309 e. The minimum absolute atomic E-state index is 0.121. The second-order valence-corrected chi connectivity index (χ2v) is 19.0. The zero-order chi connectivity index (χ0) is 40.9. The van der Waals surface area contributed by atoms with Crippen molar-refractivity contribution >= 4 is 43.6 Å². The lowest BCUT2D eigenvalue weighted by atomic mass is 9.83. The van der Waals surface area contributed by atoms with Gasteiger partial charge in [-0.1, -0.05) is 139 Å². The van der Waals surface area contributed by atoms with Crippen molar-refractivity contribution in [3.8, 4) is 44.8 Å². The van der Waals surface area contributed by atoms with Crippen LogP contribution in [-0.4, -0.2) is 9.13 Å². The van der Waals surface area contributed by atoms with Crippen LogP contribution < -0.4 is 0 Å². The van der Waals surface area contributed by atoms with Gasteiger partial charge in [-0.3, -0.25) is 0 Å². The zero-order valence-corrected chi connectivity index (χ0v) is 35.5. The summed E-state index contributed by atoms with van der Waals surface area (Å²) in [4.78, 5) is 0. The third-order valence-electron chi connectivity index (χ3n) is 13.1.